The SMILES string of the molecule is Cc1ccc(-c2ccc(-c3ccc(C)cc3)c(F)c2F)cc1.Cc1ccc(-c2ccc(C)c(Cl)c2F)cc1.Cc1ccc(-c2ccc(C3CCC(C)CC3)cc2)c(F)c1F.Cc1ccc(-c2ccc(C3CCC(C)CC3)cc2)c(F)c1F.[HH].[HH]. The average Bonchev–Trinajstić information content (AvgIpc) is 3.14. The topological polar surface area (TPSA) is 0 Å². The number of aryl methyl sites for hydroxylation is 6. The second-order valence-electron chi connectivity index (χ2n) is 22.7. The molecule has 2 aliphatic rings. The summed E-state index contributed by atoms with van der Waals surface area (Å²) in [6.07, 6.45) is 10.0. The lowest BCUT2D eigenvalue weighted by Gasteiger charge is -2.26. The smallest absolute Gasteiger partial charge is 0.167 e. The van der Waals surface area contributed by atoms with Crippen LogP contribution in [0, 0.1) is 94.1 Å². The maximum Gasteiger partial charge on any atom is 0.167 e. The number of hydrogen-bond acceptors (Lipinski definition) is 0. The molecule has 82 heavy (non-hydrogen) atoms. The van der Waals surface area contributed by atoms with Crippen LogP contribution in [0.1, 0.15) is 124 Å². The highest BCUT2D eigenvalue weighted by molar-refractivity contribution is 6.31. The zero-order chi connectivity index (χ0) is 58.8. The van der Waals surface area contributed by atoms with Gasteiger partial charge in [0.2, 0.25) is 0 Å². The molecule has 0 spiro atoms. The van der Waals surface area contributed by atoms with Gasteiger partial charge in [-0.3, -0.25) is 0 Å². The van der Waals surface area contributed by atoms with Gasteiger partial charge in [0.1, 0.15) is 5.82 Å². The fourth-order valence-electron chi connectivity index (χ4n) is 10.9. The van der Waals surface area contributed by atoms with E-state index in [0.717, 1.165) is 50.8 Å². The van der Waals surface area contributed by atoms with Crippen LogP contribution in [0.3, 0.4) is 0 Å². The van der Waals surface area contributed by atoms with Gasteiger partial charge in [-0.25, -0.2) is 30.7 Å². The first-order chi connectivity index (χ1) is 39.3. The van der Waals surface area contributed by atoms with Gasteiger partial charge in [-0.15, -0.1) is 0 Å². The van der Waals surface area contributed by atoms with Gasteiger partial charge in [-0.05, 0) is 147 Å². The lowest BCUT2D eigenvalue weighted by atomic mass is 9.79. The van der Waals surface area contributed by atoms with Crippen LogP contribution in [0.5, 0.6) is 0 Å². The second kappa shape index (κ2) is 27.7. The van der Waals surface area contributed by atoms with Crippen LogP contribution < -0.4 is 0 Å². The molecule has 0 bridgehead atoms. The Bertz CT molecular complexity index is 3400. The fourth-order valence-corrected chi connectivity index (χ4v) is 11.0. The van der Waals surface area contributed by atoms with Crippen LogP contribution in [0.2, 0.25) is 5.02 Å². The molecule has 0 amide bonds. The molecular formula is C74H76ClF7. The van der Waals surface area contributed by atoms with E-state index in [-0.39, 0.29) is 24.8 Å². The van der Waals surface area contributed by atoms with Crippen molar-refractivity contribution in [2.24, 2.45) is 11.8 Å². The highest BCUT2D eigenvalue weighted by Gasteiger charge is 2.23. The van der Waals surface area contributed by atoms with E-state index < -0.39 is 34.9 Å². The maximum atomic E-state index is 14.4. The van der Waals surface area contributed by atoms with Gasteiger partial charge in [0, 0.05) is 30.7 Å². The Hall–Kier alpha value is -7.22. The van der Waals surface area contributed by atoms with Gasteiger partial charge in [-0.2, -0.15) is 0 Å². The summed E-state index contributed by atoms with van der Waals surface area (Å²) >= 11 is 5.89. The van der Waals surface area contributed by atoms with E-state index in [0.29, 0.717) is 50.8 Å². The predicted octanol–water partition coefficient (Wildman–Crippen LogP) is 23.6. The minimum Gasteiger partial charge on any atom is -0.205 e. The van der Waals surface area contributed by atoms with Crippen molar-refractivity contribution in [3.8, 4) is 55.6 Å². The number of hydrogen-bond donors (Lipinski definition) is 0. The quantitative estimate of drug-likeness (QED) is 0.140. The van der Waals surface area contributed by atoms with Gasteiger partial charge in [0.05, 0.1) is 5.02 Å². The fraction of sp³-hybridized carbons (Fsp3) is 0.270. The molecule has 428 valence electrons. The molecule has 0 heterocycles. The van der Waals surface area contributed by atoms with Crippen molar-refractivity contribution in [2.75, 3.05) is 0 Å². The summed E-state index contributed by atoms with van der Waals surface area (Å²) in [5, 5.41) is 0.207. The Morgan fingerprint density at radius 2 is 0.512 bits per heavy atom. The summed E-state index contributed by atoms with van der Waals surface area (Å²) in [4.78, 5) is 0. The summed E-state index contributed by atoms with van der Waals surface area (Å²) in [6.45, 7) is 15.5. The van der Waals surface area contributed by atoms with Crippen molar-refractivity contribution in [1.82, 2.24) is 0 Å². The van der Waals surface area contributed by atoms with Gasteiger partial charge in [0.25, 0.3) is 0 Å². The Kier molecular flexibility index (Phi) is 20.6. The molecule has 8 heteroatoms. The highest BCUT2D eigenvalue weighted by Crippen LogP contribution is 2.39. The van der Waals surface area contributed by atoms with E-state index in [1.54, 1.807) is 87.5 Å². The third kappa shape index (κ3) is 14.9. The van der Waals surface area contributed by atoms with Crippen LogP contribution in [-0.2, 0) is 0 Å². The first kappa shape index (κ1) is 60.9. The number of benzene rings is 9. The van der Waals surface area contributed by atoms with E-state index in [4.69, 9.17) is 11.6 Å². The molecule has 0 nitrogen and oxygen atoms in total. The molecular weight excluding hydrogens is 1060 g/mol. The van der Waals surface area contributed by atoms with Crippen LogP contribution >= 0.6 is 11.6 Å². The van der Waals surface area contributed by atoms with E-state index >= 15 is 0 Å². The minimum atomic E-state index is -0.804. The summed E-state index contributed by atoms with van der Waals surface area (Å²) < 4.78 is 98.4. The zero-order valence-corrected chi connectivity index (χ0v) is 48.9. The zero-order valence-electron chi connectivity index (χ0n) is 48.2. The van der Waals surface area contributed by atoms with E-state index in [1.807, 2.05) is 99.6 Å². The van der Waals surface area contributed by atoms with Crippen molar-refractivity contribution < 1.29 is 33.6 Å². The molecule has 9 aromatic rings. The van der Waals surface area contributed by atoms with Crippen LogP contribution in [-0.4, -0.2) is 0 Å². The van der Waals surface area contributed by atoms with Gasteiger partial charge in [0.15, 0.2) is 34.9 Å². The molecule has 0 aromatic heterocycles. The molecule has 2 saturated carbocycles. The molecule has 0 N–H and O–H groups in total. The Morgan fingerprint density at radius 3 is 0.805 bits per heavy atom. The minimum absolute atomic E-state index is 0. The third-order valence-electron chi connectivity index (χ3n) is 16.4. The first-order valence-electron chi connectivity index (χ1n) is 28.5. The van der Waals surface area contributed by atoms with Crippen molar-refractivity contribution >= 4 is 11.6 Å². The van der Waals surface area contributed by atoms with E-state index in [2.05, 4.69) is 38.1 Å². The molecule has 9 aromatic carbocycles. The lowest BCUT2D eigenvalue weighted by Crippen LogP contribution is -2.10. The molecule has 0 atom stereocenters. The molecule has 0 unspecified atom stereocenters. The summed E-state index contributed by atoms with van der Waals surface area (Å²) in [6, 6.07) is 51.9. The predicted molar refractivity (Wildman–Crippen MR) is 331 cm³/mol. The monoisotopic (exact) mass is 1130 g/mol. The molecule has 0 saturated heterocycles. The van der Waals surface area contributed by atoms with Crippen molar-refractivity contribution in [3.63, 3.8) is 0 Å². The van der Waals surface area contributed by atoms with Gasteiger partial charge in [-0.1, -0.05) is 238 Å². The molecule has 0 radical (unpaired) electrons. The van der Waals surface area contributed by atoms with Crippen molar-refractivity contribution in [1.29, 1.82) is 0 Å². The standard InChI is InChI=1S/C20H16F2.2C20H22F2.C14H12ClF.2H2/c1-13-3-7-15(8-4-13)17-11-12-18(20(22)19(17)21)16-9-5-14(2)6-10-16;2*1-13-3-6-15(7-4-13)16-8-10-17(11-9-16)18-12-5-14(2)19(21)20(18)22;1-9-3-6-11(7-4-9)12-8-5-10(2)13(15)14(12)16;;/h3-12H,1-2H3;2*5,8-13,15H,3-4,6-7H2,1-2H3;3-8H,1-2H3;2*1H. The second-order valence-corrected chi connectivity index (χ2v) is 23.1. The Labute approximate surface area is 489 Å². The van der Waals surface area contributed by atoms with Crippen molar-refractivity contribution in [2.45, 2.75) is 119 Å². The van der Waals surface area contributed by atoms with E-state index in [1.165, 1.54) is 62.5 Å². The maximum absolute atomic E-state index is 14.4. The van der Waals surface area contributed by atoms with Crippen LogP contribution in [0.15, 0.2) is 170 Å². The summed E-state index contributed by atoms with van der Waals surface area (Å²) in [5.41, 5.74) is 12.9. The molecule has 2 fully saturated rings. The van der Waals surface area contributed by atoms with Crippen molar-refractivity contribution in [3.05, 3.63) is 260 Å². The van der Waals surface area contributed by atoms with E-state index in [9.17, 15) is 30.7 Å². The number of halogens is 8. The molecule has 0 aliphatic heterocycles. The Morgan fingerprint density at radius 1 is 0.280 bits per heavy atom. The average molecular weight is 1130 g/mol. The molecule has 11 rings (SSSR count). The summed E-state index contributed by atoms with van der Waals surface area (Å²) in [7, 11) is 0. The Balaban J connectivity index is 0.000000179. The van der Waals surface area contributed by atoms with Gasteiger partial charge >= 0.3 is 0 Å². The number of rotatable bonds is 7. The lowest BCUT2D eigenvalue weighted by molar-refractivity contribution is 0.348. The summed E-state index contributed by atoms with van der Waals surface area (Å²) in [5.74, 6) is -2.05. The van der Waals surface area contributed by atoms with Gasteiger partial charge < -0.3 is 0 Å². The first-order valence-corrected chi connectivity index (χ1v) is 28.9. The normalized spacial score (nSPS) is 16.6. The largest absolute Gasteiger partial charge is 0.205 e. The third-order valence-corrected chi connectivity index (χ3v) is 16.9. The highest BCUT2D eigenvalue weighted by atomic mass is 35.5. The van der Waals surface area contributed by atoms with Crippen LogP contribution in [0.25, 0.3) is 55.6 Å². The van der Waals surface area contributed by atoms with Crippen LogP contribution in [0.4, 0.5) is 30.7 Å². The molecule has 2 aliphatic carbocycles.